The van der Waals surface area contributed by atoms with Crippen LogP contribution in [0.25, 0.3) is 0 Å². The Morgan fingerprint density at radius 2 is 2.04 bits per heavy atom. The van der Waals surface area contributed by atoms with Gasteiger partial charge in [-0.3, -0.25) is 9.69 Å². The van der Waals surface area contributed by atoms with Gasteiger partial charge in [0.25, 0.3) is 0 Å². The van der Waals surface area contributed by atoms with Crippen LogP contribution in [0.4, 0.5) is 0 Å². The molecule has 25 heavy (non-hydrogen) atoms. The lowest BCUT2D eigenvalue weighted by Crippen LogP contribution is -2.51. The Morgan fingerprint density at radius 3 is 2.80 bits per heavy atom. The molecule has 132 valence electrons. The smallest absolute Gasteiger partial charge is 0.229 e. The Morgan fingerprint density at radius 1 is 1.24 bits per heavy atom. The Hall–Kier alpha value is -2.34. The molecule has 1 atom stereocenters. The van der Waals surface area contributed by atoms with Gasteiger partial charge in [-0.05, 0) is 25.0 Å². The number of rotatable bonds is 3. The third-order valence-electron chi connectivity index (χ3n) is 4.97. The molecule has 0 spiro atoms. The highest BCUT2D eigenvalue weighted by Crippen LogP contribution is 2.28. The third-order valence-corrected chi connectivity index (χ3v) is 4.97. The van der Waals surface area contributed by atoms with E-state index in [-0.39, 0.29) is 11.8 Å². The number of nitrogens with zero attached hydrogens (tertiary/aromatic N) is 3. The molecule has 1 aromatic carbocycles. The summed E-state index contributed by atoms with van der Waals surface area (Å²) in [4.78, 5) is 17.1. The van der Waals surface area contributed by atoms with Crippen LogP contribution in [-0.4, -0.2) is 53.6 Å². The van der Waals surface area contributed by atoms with Crippen molar-refractivity contribution in [3.63, 3.8) is 0 Å². The lowest BCUT2D eigenvalue weighted by atomic mass is 9.95. The number of amides is 1. The number of carbonyl (C=O) groups is 1. The van der Waals surface area contributed by atoms with E-state index in [0.717, 1.165) is 61.9 Å². The molecule has 2 aromatic rings. The highest BCUT2D eigenvalue weighted by molar-refractivity contribution is 5.80. The fourth-order valence-electron chi connectivity index (χ4n) is 3.58. The van der Waals surface area contributed by atoms with E-state index < -0.39 is 0 Å². The number of ether oxygens (including phenoxy) is 1. The van der Waals surface area contributed by atoms with Crippen LogP contribution < -0.4 is 4.74 Å². The summed E-state index contributed by atoms with van der Waals surface area (Å²) in [7, 11) is 0. The molecule has 0 bridgehead atoms. The minimum absolute atomic E-state index is 0.0710. The maximum absolute atomic E-state index is 12.8. The second-order valence-corrected chi connectivity index (χ2v) is 6.86. The highest BCUT2D eigenvalue weighted by Gasteiger charge is 2.31. The quantitative estimate of drug-likeness (QED) is 0.853. The number of aryl methyl sites for hydroxylation is 1. The van der Waals surface area contributed by atoms with Crippen molar-refractivity contribution in [1.29, 1.82) is 0 Å². The van der Waals surface area contributed by atoms with E-state index in [2.05, 4.69) is 10.1 Å². The third kappa shape index (κ3) is 3.54. The molecule has 1 fully saturated rings. The average Bonchev–Trinajstić information content (AvgIpc) is 3.06. The first-order chi connectivity index (χ1) is 12.2. The number of hydrogen-bond donors (Lipinski definition) is 0. The summed E-state index contributed by atoms with van der Waals surface area (Å²) >= 11 is 0. The Balaban J connectivity index is 1.31. The average molecular weight is 341 g/mol. The van der Waals surface area contributed by atoms with Gasteiger partial charge in [-0.15, -0.1) is 0 Å². The van der Waals surface area contributed by atoms with Crippen LogP contribution >= 0.6 is 0 Å². The number of para-hydroxylation sites is 1. The van der Waals surface area contributed by atoms with E-state index in [4.69, 9.17) is 9.26 Å². The standard InChI is InChI=1S/C19H23N3O3/c1-14-10-17(25-20-14)12-21-6-8-22(9-7-21)19(23)16-11-15-4-2-3-5-18(15)24-13-16/h2-5,10,16H,6-9,11-13H2,1H3/t16-/m0/s1. The maximum Gasteiger partial charge on any atom is 0.229 e. The molecule has 0 radical (unpaired) electrons. The van der Waals surface area contributed by atoms with E-state index in [1.54, 1.807) is 0 Å². The molecule has 6 nitrogen and oxygen atoms in total. The fourth-order valence-corrected chi connectivity index (χ4v) is 3.58. The number of piperazine rings is 1. The number of hydrogen-bond acceptors (Lipinski definition) is 5. The van der Waals surface area contributed by atoms with Crippen LogP contribution in [0, 0.1) is 12.8 Å². The summed E-state index contributed by atoms with van der Waals surface area (Å²) in [5.74, 6) is 1.94. The van der Waals surface area contributed by atoms with Gasteiger partial charge in [0.2, 0.25) is 5.91 Å². The van der Waals surface area contributed by atoms with E-state index in [1.807, 2.05) is 42.2 Å². The first-order valence-electron chi connectivity index (χ1n) is 8.83. The molecular formula is C19H23N3O3. The molecular weight excluding hydrogens is 318 g/mol. The second kappa shape index (κ2) is 6.88. The van der Waals surface area contributed by atoms with Crippen molar-refractivity contribution in [2.24, 2.45) is 5.92 Å². The van der Waals surface area contributed by atoms with Crippen LogP contribution in [0.1, 0.15) is 17.0 Å². The predicted octanol–water partition coefficient (Wildman–Crippen LogP) is 1.88. The van der Waals surface area contributed by atoms with E-state index in [9.17, 15) is 4.79 Å². The van der Waals surface area contributed by atoms with Crippen LogP contribution in [-0.2, 0) is 17.8 Å². The summed E-state index contributed by atoms with van der Waals surface area (Å²) in [5, 5.41) is 3.92. The van der Waals surface area contributed by atoms with Crippen molar-refractivity contribution in [1.82, 2.24) is 15.0 Å². The number of benzene rings is 1. The van der Waals surface area contributed by atoms with Crippen LogP contribution in [0.2, 0.25) is 0 Å². The number of fused-ring (bicyclic) bond motifs is 1. The van der Waals surface area contributed by atoms with Gasteiger partial charge in [0.15, 0.2) is 5.76 Å². The lowest BCUT2D eigenvalue weighted by Gasteiger charge is -2.36. The lowest BCUT2D eigenvalue weighted by molar-refractivity contribution is -0.138. The van der Waals surface area contributed by atoms with Crippen molar-refractivity contribution in [3.05, 3.63) is 47.3 Å². The van der Waals surface area contributed by atoms with Crippen LogP contribution in [0.3, 0.4) is 0 Å². The van der Waals surface area contributed by atoms with Crippen molar-refractivity contribution in [2.45, 2.75) is 19.9 Å². The molecule has 0 saturated carbocycles. The zero-order valence-electron chi connectivity index (χ0n) is 14.5. The molecule has 4 rings (SSSR count). The van der Waals surface area contributed by atoms with Crippen molar-refractivity contribution >= 4 is 5.91 Å². The van der Waals surface area contributed by atoms with Crippen LogP contribution in [0.15, 0.2) is 34.9 Å². The molecule has 0 N–H and O–H groups in total. The molecule has 2 aliphatic rings. The molecule has 1 amide bonds. The van der Waals surface area contributed by atoms with Gasteiger partial charge >= 0.3 is 0 Å². The molecule has 2 aliphatic heterocycles. The van der Waals surface area contributed by atoms with Gasteiger partial charge in [-0.2, -0.15) is 0 Å². The van der Waals surface area contributed by atoms with Crippen molar-refractivity contribution < 1.29 is 14.1 Å². The van der Waals surface area contributed by atoms with Gasteiger partial charge in [0.1, 0.15) is 12.4 Å². The minimum atomic E-state index is -0.0710. The topological polar surface area (TPSA) is 58.8 Å². The Bertz CT molecular complexity index is 750. The fraction of sp³-hybridized carbons (Fsp3) is 0.474. The van der Waals surface area contributed by atoms with E-state index >= 15 is 0 Å². The first kappa shape index (κ1) is 16.1. The summed E-state index contributed by atoms with van der Waals surface area (Å²) in [6.45, 7) is 6.38. The molecule has 0 unspecified atom stereocenters. The number of aromatic nitrogens is 1. The summed E-state index contributed by atoms with van der Waals surface area (Å²) in [5.41, 5.74) is 2.04. The SMILES string of the molecule is Cc1cc(CN2CCN(C(=O)[C@@H]3COc4ccccc4C3)CC2)on1. The molecule has 6 heteroatoms. The summed E-state index contributed by atoms with van der Waals surface area (Å²) < 4.78 is 11.1. The summed E-state index contributed by atoms with van der Waals surface area (Å²) in [6, 6.07) is 9.95. The zero-order valence-corrected chi connectivity index (χ0v) is 14.5. The molecule has 3 heterocycles. The van der Waals surface area contributed by atoms with Gasteiger partial charge in [-0.25, -0.2) is 0 Å². The Labute approximate surface area is 147 Å². The molecule has 1 aromatic heterocycles. The largest absolute Gasteiger partial charge is 0.492 e. The van der Waals surface area contributed by atoms with Crippen molar-refractivity contribution in [2.75, 3.05) is 32.8 Å². The Kier molecular flexibility index (Phi) is 4.44. The van der Waals surface area contributed by atoms with Crippen LogP contribution in [0.5, 0.6) is 5.75 Å². The second-order valence-electron chi connectivity index (χ2n) is 6.86. The van der Waals surface area contributed by atoms with E-state index in [0.29, 0.717) is 6.61 Å². The van der Waals surface area contributed by atoms with Gasteiger partial charge in [0.05, 0.1) is 18.2 Å². The molecule has 0 aliphatic carbocycles. The normalized spacial score (nSPS) is 20.8. The maximum atomic E-state index is 12.8. The predicted molar refractivity (Wildman–Crippen MR) is 92.2 cm³/mol. The highest BCUT2D eigenvalue weighted by atomic mass is 16.5. The molecule has 1 saturated heterocycles. The van der Waals surface area contributed by atoms with E-state index in [1.165, 1.54) is 0 Å². The van der Waals surface area contributed by atoms with Gasteiger partial charge < -0.3 is 14.2 Å². The summed E-state index contributed by atoms with van der Waals surface area (Å²) in [6.07, 6.45) is 0.770. The monoisotopic (exact) mass is 341 g/mol. The minimum Gasteiger partial charge on any atom is -0.492 e. The zero-order chi connectivity index (χ0) is 17.2. The van der Waals surface area contributed by atoms with Gasteiger partial charge in [0, 0.05) is 32.2 Å². The van der Waals surface area contributed by atoms with Gasteiger partial charge in [-0.1, -0.05) is 23.4 Å². The number of carbonyl (C=O) groups excluding carboxylic acids is 1. The first-order valence-corrected chi connectivity index (χ1v) is 8.83. The van der Waals surface area contributed by atoms with Crippen molar-refractivity contribution in [3.8, 4) is 5.75 Å².